The van der Waals surface area contributed by atoms with Gasteiger partial charge in [-0.15, -0.1) is 0 Å². The molecule has 0 spiro atoms. The van der Waals surface area contributed by atoms with Crippen molar-refractivity contribution >= 4 is 8.56 Å². The minimum atomic E-state index is -4.50. The molecule has 10 heavy (non-hydrogen) atoms. The lowest BCUT2D eigenvalue weighted by atomic mass is 10.5. The van der Waals surface area contributed by atoms with Gasteiger partial charge in [-0.3, -0.25) is 0 Å². The highest BCUT2D eigenvalue weighted by atomic mass is 28.4. The summed E-state index contributed by atoms with van der Waals surface area (Å²) in [6, 6.07) is 0. The minimum absolute atomic E-state index is 0.770. The fourth-order valence-electron chi connectivity index (χ4n) is 0.310. The van der Waals surface area contributed by atoms with Gasteiger partial charge in [0.25, 0.3) is 0 Å². The highest BCUT2D eigenvalue weighted by Crippen LogP contribution is 2.35. The zero-order valence-electron chi connectivity index (χ0n) is 5.61. The van der Waals surface area contributed by atoms with Gasteiger partial charge in [-0.1, -0.05) is 6.92 Å². The van der Waals surface area contributed by atoms with Gasteiger partial charge in [0.2, 0.25) is 0 Å². The maximum atomic E-state index is 11.7. The van der Waals surface area contributed by atoms with Gasteiger partial charge in [0.15, 0.2) is 0 Å². The molecule has 0 aliphatic rings. The van der Waals surface area contributed by atoms with Gasteiger partial charge in [0.1, 0.15) is 0 Å². The van der Waals surface area contributed by atoms with Gasteiger partial charge in [0.05, 0.1) is 5.54 Å². The van der Waals surface area contributed by atoms with E-state index in [0.29, 0.717) is 0 Å². The molecule has 2 nitrogen and oxygen atoms in total. The molecule has 0 aromatic carbocycles. The zero-order valence-corrected chi connectivity index (χ0v) is 6.61. The van der Waals surface area contributed by atoms with E-state index in [2.05, 4.69) is 0 Å². The third-order valence-corrected chi connectivity index (χ3v) is 3.28. The Bertz CT molecular complexity index is 103. The molecule has 0 bridgehead atoms. The Morgan fingerprint density at radius 3 is 1.60 bits per heavy atom. The van der Waals surface area contributed by atoms with Gasteiger partial charge >= 0.3 is 14.7 Å². The van der Waals surface area contributed by atoms with E-state index in [9.17, 15) is 13.2 Å². The van der Waals surface area contributed by atoms with Gasteiger partial charge in [0, 0.05) is 0 Å². The lowest BCUT2D eigenvalue weighted by molar-refractivity contribution is -0.136. The average Bonchev–Trinajstić information content (AvgIpc) is 1.59. The average molecular weight is 174 g/mol. The Morgan fingerprint density at radius 1 is 1.30 bits per heavy atom. The summed E-state index contributed by atoms with van der Waals surface area (Å²) in [6.45, 7) is 1.61. The summed E-state index contributed by atoms with van der Waals surface area (Å²) in [5.74, 6) is 0. The first-order valence-electron chi connectivity index (χ1n) is 2.67. The van der Waals surface area contributed by atoms with E-state index >= 15 is 0 Å². The van der Waals surface area contributed by atoms with Crippen molar-refractivity contribution in [1.82, 2.24) is 0 Å². The Balaban J connectivity index is 4.23. The van der Waals surface area contributed by atoms with Crippen molar-refractivity contribution in [2.24, 2.45) is 0 Å². The van der Waals surface area contributed by atoms with Crippen LogP contribution in [0.2, 0.25) is 12.1 Å². The first kappa shape index (κ1) is 9.93. The molecule has 0 aromatic heterocycles. The van der Waals surface area contributed by atoms with E-state index in [1.165, 1.54) is 0 Å². The molecule has 0 aliphatic heterocycles. The van der Waals surface area contributed by atoms with E-state index in [-0.39, 0.29) is 0 Å². The van der Waals surface area contributed by atoms with Gasteiger partial charge in [-0.25, -0.2) is 0 Å². The summed E-state index contributed by atoms with van der Waals surface area (Å²) >= 11 is 0. The van der Waals surface area contributed by atoms with Crippen LogP contribution in [0.15, 0.2) is 0 Å². The maximum absolute atomic E-state index is 11.7. The molecule has 0 heterocycles. The standard InChI is InChI=1S/C4H9F3O2Si/c1-3(4(5,6)7)10(2,8)9/h3,8-9H,1-2H3. The Labute approximate surface area is 57.5 Å². The van der Waals surface area contributed by atoms with E-state index in [4.69, 9.17) is 9.59 Å². The van der Waals surface area contributed by atoms with Crippen molar-refractivity contribution in [3.8, 4) is 0 Å². The summed E-state index contributed by atoms with van der Waals surface area (Å²) in [6.07, 6.45) is -4.50. The molecule has 62 valence electrons. The molecule has 0 saturated heterocycles. The van der Waals surface area contributed by atoms with Crippen LogP contribution in [0.5, 0.6) is 0 Å². The number of hydrogen-bond acceptors (Lipinski definition) is 2. The topological polar surface area (TPSA) is 40.5 Å². The van der Waals surface area contributed by atoms with Crippen molar-refractivity contribution in [3.63, 3.8) is 0 Å². The highest BCUT2D eigenvalue weighted by molar-refractivity contribution is 6.64. The summed E-state index contributed by atoms with van der Waals surface area (Å²) in [5, 5.41) is 0. The molecule has 0 fully saturated rings. The monoisotopic (exact) mass is 174 g/mol. The van der Waals surface area contributed by atoms with Crippen molar-refractivity contribution in [2.75, 3.05) is 0 Å². The molecule has 6 heteroatoms. The summed E-state index contributed by atoms with van der Waals surface area (Å²) in [7, 11) is -4.02. The fourth-order valence-corrected chi connectivity index (χ4v) is 0.930. The van der Waals surface area contributed by atoms with Crippen LogP contribution in [0.4, 0.5) is 13.2 Å². The first-order valence-corrected chi connectivity index (χ1v) is 5.14. The van der Waals surface area contributed by atoms with Crippen molar-refractivity contribution < 1.29 is 22.8 Å². The predicted octanol–water partition coefficient (Wildman–Crippen LogP) is 0.995. The molecule has 0 amide bonds. The van der Waals surface area contributed by atoms with Gasteiger partial charge < -0.3 is 9.59 Å². The summed E-state index contributed by atoms with van der Waals surface area (Å²) in [4.78, 5) is 17.2. The molecule has 1 unspecified atom stereocenters. The molecule has 1 atom stereocenters. The van der Waals surface area contributed by atoms with Gasteiger partial charge in [-0.05, 0) is 6.55 Å². The second-order valence-electron chi connectivity index (χ2n) is 2.36. The summed E-state index contributed by atoms with van der Waals surface area (Å²) in [5.41, 5.74) is -1.99. The van der Waals surface area contributed by atoms with Crippen LogP contribution in [-0.4, -0.2) is 24.3 Å². The molecule has 0 aromatic rings. The number of hydrogen-bond donors (Lipinski definition) is 2. The predicted molar refractivity (Wildman–Crippen MR) is 31.5 cm³/mol. The Kier molecular flexibility index (Phi) is 2.50. The third kappa shape index (κ3) is 2.67. The van der Waals surface area contributed by atoms with Crippen LogP contribution in [0.3, 0.4) is 0 Å². The Hall–Kier alpha value is -0.0731. The lowest BCUT2D eigenvalue weighted by Crippen LogP contribution is -2.42. The van der Waals surface area contributed by atoms with E-state index in [0.717, 1.165) is 13.5 Å². The third-order valence-electron chi connectivity index (χ3n) is 1.31. The number of halogens is 3. The largest absolute Gasteiger partial charge is 0.410 e. The van der Waals surface area contributed by atoms with E-state index < -0.39 is 20.3 Å². The van der Waals surface area contributed by atoms with Crippen LogP contribution in [0.1, 0.15) is 6.92 Å². The zero-order chi connectivity index (χ0) is 8.58. The summed E-state index contributed by atoms with van der Waals surface area (Å²) < 4.78 is 35.0. The normalized spacial score (nSPS) is 17.1. The minimum Gasteiger partial charge on any atom is -0.410 e. The van der Waals surface area contributed by atoms with Crippen molar-refractivity contribution in [1.29, 1.82) is 0 Å². The van der Waals surface area contributed by atoms with Crippen molar-refractivity contribution in [2.45, 2.75) is 25.2 Å². The molecule has 0 radical (unpaired) electrons. The highest BCUT2D eigenvalue weighted by Gasteiger charge is 2.49. The second kappa shape index (κ2) is 2.52. The number of rotatable bonds is 1. The molecule has 0 aliphatic carbocycles. The van der Waals surface area contributed by atoms with Gasteiger partial charge in [-0.2, -0.15) is 13.2 Å². The first-order chi connectivity index (χ1) is 4.15. The lowest BCUT2D eigenvalue weighted by Gasteiger charge is -2.22. The van der Waals surface area contributed by atoms with Crippen LogP contribution < -0.4 is 0 Å². The number of alkyl halides is 3. The second-order valence-corrected chi connectivity index (χ2v) is 5.41. The molecule has 0 rings (SSSR count). The molecule has 0 saturated carbocycles. The molecular weight excluding hydrogens is 165 g/mol. The van der Waals surface area contributed by atoms with Crippen LogP contribution in [0.25, 0.3) is 0 Å². The van der Waals surface area contributed by atoms with Crippen molar-refractivity contribution in [3.05, 3.63) is 0 Å². The fraction of sp³-hybridized carbons (Fsp3) is 1.00. The van der Waals surface area contributed by atoms with Crippen LogP contribution >= 0.6 is 0 Å². The van der Waals surface area contributed by atoms with Crippen LogP contribution in [-0.2, 0) is 0 Å². The quantitative estimate of drug-likeness (QED) is 0.582. The van der Waals surface area contributed by atoms with Crippen LogP contribution in [0, 0.1) is 0 Å². The molecule has 2 N–H and O–H groups in total. The SMILES string of the molecule is CC(C(F)(F)F)[Si](C)(O)O. The smallest absolute Gasteiger partial charge is 0.393 e. The Morgan fingerprint density at radius 2 is 1.60 bits per heavy atom. The molecular formula is C4H9F3O2Si. The maximum Gasteiger partial charge on any atom is 0.393 e. The van der Waals surface area contributed by atoms with E-state index in [1.54, 1.807) is 0 Å². The van der Waals surface area contributed by atoms with E-state index in [1.807, 2.05) is 0 Å².